The van der Waals surface area contributed by atoms with E-state index < -0.39 is 5.54 Å². The molecule has 1 aromatic rings. The first-order valence-corrected chi connectivity index (χ1v) is 6.14. The fourth-order valence-electron chi connectivity index (χ4n) is 1.78. The number of aliphatic hydroxyl groups excluding tert-OH is 1. The maximum absolute atomic E-state index is 13.1. The molecule has 1 unspecified atom stereocenters. The van der Waals surface area contributed by atoms with Gasteiger partial charge in [0.1, 0.15) is 18.2 Å². The van der Waals surface area contributed by atoms with Gasteiger partial charge in [-0.2, -0.15) is 0 Å². The van der Waals surface area contributed by atoms with Gasteiger partial charge in [-0.15, -0.1) is 0 Å². The van der Waals surface area contributed by atoms with Crippen LogP contribution in [-0.4, -0.2) is 29.9 Å². The molecule has 0 aromatic heterocycles. The van der Waals surface area contributed by atoms with Crippen LogP contribution >= 0.6 is 0 Å². The van der Waals surface area contributed by atoms with Crippen molar-refractivity contribution in [3.8, 4) is 5.75 Å². The lowest BCUT2D eigenvalue weighted by atomic mass is 10.0. The standard InChI is InChI=1S/C14H22FNO2/c1-10(2)16-14(4,8-17)9-18-12-5-6-13(15)11(3)7-12/h5-7,10,16-17H,8-9H2,1-4H3. The van der Waals surface area contributed by atoms with Crippen LogP contribution in [0.2, 0.25) is 0 Å². The van der Waals surface area contributed by atoms with E-state index in [1.54, 1.807) is 19.1 Å². The van der Waals surface area contributed by atoms with Gasteiger partial charge in [-0.1, -0.05) is 13.8 Å². The van der Waals surface area contributed by atoms with Crippen molar-refractivity contribution in [3.05, 3.63) is 29.6 Å². The SMILES string of the molecule is Cc1cc(OCC(C)(CO)NC(C)C)ccc1F. The lowest BCUT2D eigenvalue weighted by Gasteiger charge is -2.30. The average Bonchev–Trinajstić information content (AvgIpc) is 2.30. The van der Waals surface area contributed by atoms with Gasteiger partial charge in [0.2, 0.25) is 0 Å². The first-order chi connectivity index (χ1) is 8.36. The van der Waals surface area contributed by atoms with Crippen LogP contribution in [0, 0.1) is 12.7 Å². The van der Waals surface area contributed by atoms with Crippen molar-refractivity contribution in [2.24, 2.45) is 0 Å². The minimum absolute atomic E-state index is 0.0225. The van der Waals surface area contributed by atoms with Crippen molar-refractivity contribution >= 4 is 0 Å². The Hall–Kier alpha value is -1.13. The zero-order valence-electron chi connectivity index (χ0n) is 11.5. The smallest absolute Gasteiger partial charge is 0.126 e. The molecule has 1 rings (SSSR count). The summed E-state index contributed by atoms with van der Waals surface area (Å²) in [5.41, 5.74) is 0.0474. The van der Waals surface area contributed by atoms with Crippen LogP contribution in [0.3, 0.4) is 0 Å². The second-order valence-corrected chi connectivity index (χ2v) is 5.22. The second kappa shape index (κ2) is 6.16. The number of rotatable bonds is 6. The van der Waals surface area contributed by atoms with Gasteiger partial charge in [0.25, 0.3) is 0 Å². The van der Waals surface area contributed by atoms with E-state index >= 15 is 0 Å². The largest absolute Gasteiger partial charge is 0.492 e. The zero-order valence-corrected chi connectivity index (χ0v) is 11.5. The Morgan fingerprint density at radius 2 is 2.11 bits per heavy atom. The van der Waals surface area contributed by atoms with Crippen LogP contribution in [0.1, 0.15) is 26.3 Å². The normalized spacial score (nSPS) is 14.6. The number of nitrogens with one attached hydrogen (secondary N) is 1. The predicted molar refractivity (Wildman–Crippen MR) is 70.4 cm³/mol. The van der Waals surface area contributed by atoms with Gasteiger partial charge in [0, 0.05) is 6.04 Å². The molecular formula is C14H22FNO2. The molecule has 0 spiro atoms. The van der Waals surface area contributed by atoms with Crippen LogP contribution in [0.15, 0.2) is 18.2 Å². The molecule has 3 nitrogen and oxygen atoms in total. The van der Waals surface area contributed by atoms with Crippen molar-refractivity contribution in [1.82, 2.24) is 5.32 Å². The highest BCUT2D eigenvalue weighted by Crippen LogP contribution is 2.17. The summed E-state index contributed by atoms with van der Waals surface area (Å²) in [6.45, 7) is 7.91. The molecule has 18 heavy (non-hydrogen) atoms. The van der Waals surface area contributed by atoms with Gasteiger partial charge < -0.3 is 15.2 Å². The summed E-state index contributed by atoms with van der Waals surface area (Å²) in [5, 5.41) is 12.7. The van der Waals surface area contributed by atoms with Crippen LogP contribution in [0.4, 0.5) is 4.39 Å². The van der Waals surface area contributed by atoms with Gasteiger partial charge in [0.05, 0.1) is 12.1 Å². The van der Waals surface area contributed by atoms with Crippen LogP contribution in [-0.2, 0) is 0 Å². The van der Waals surface area contributed by atoms with Gasteiger partial charge in [-0.25, -0.2) is 4.39 Å². The third-order valence-electron chi connectivity index (χ3n) is 2.67. The van der Waals surface area contributed by atoms with E-state index in [0.29, 0.717) is 17.9 Å². The van der Waals surface area contributed by atoms with E-state index in [0.717, 1.165) is 0 Å². The number of aliphatic hydroxyl groups is 1. The molecule has 0 aliphatic rings. The Bertz CT molecular complexity index is 395. The van der Waals surface area contributed by atoms with Crippen molar-refractivity contribution < 1.29 is 14.2 Å². The summed E-state index contributed by atoms with van der Waals surface area (Å²) < 4.78 is 18.7. The summed E-state index contributed by atoms with van der Waals surface area (Å²) in [7, 11) is 0. The molecule has 0 amide bonds. The van der Waals surface area contributed by atoms with Gasteiger partial charge in [0.15, 0.2) is 0 Å². The van der Waals surface area contributed by atoms with Gasteiger partial charge in [-0.05, 0) is 37.6 Å². The van der Waals surface area contributed by atoms with E-state index in [1.165, 1.54) is 6.07 Å². The number of hydrogen-bond acceptors (Lipinski definition) is 3. The quantitative estimate of drug-likeness (QED) is 0.819. The minimum Gasteiger partial charge on any atom is -0.492 e. The Balaban J connectivity index is 2.64. The summed E-state index contributed by atoms with van der Waals surface area (Å²) in [5.74, 6) is 0.367. The maximum Gasteiger partial charge on any atom is 0.126 e. The molecular weight excluding hydrogens is 233 g/mol. The maximum atomic E-state index is 13.1. The third-order valence-corrected chi connectivity index (χ3v) is 2.67. The van der Waals surface area contributed by atoms with Crippen LogP contribution < -0.4 is 10.1 Å². The number of ether oxygens (including phenoxy) is 1. The summed E-state index contributed by atoms with van der Waals surface area (Å²) in [4.78, 5) is 0. The Morgan fingerprint density at radius 3 is 2.61 bits per heavy atom. The lowest BCUT2D eigenvalue weighted by molar-refractivity contribution is 0.108. The monoisotopic (exact) mass is 255 g/mol. The number of benzene rings is 1. The highest BCUT2D eigenvalue weighted by atomic mass is 19.1. The van der Waals surface area contributed by atoms with E-state index in [1.807, 2.05) is 20.8 Å². The fourth-order valence-corrected chi connectivity index (χ4v) is 1.78. The molecule has 0 fully saturated rings. The topological polar surface area (TPSA) is 41.5 Å². The Labute approximate surface area is 108 Å². The van der Waals surface area contributed by atoms with Crippen molar-refractivity contribution in [3.63, 3.8) is 0 Å². The molecule has 0 saturated heterocycles. The van der Waals surface area contributed by atoms with Crippen molar-refractivity contribution in [2.45, 2.75) is 39.3 Å². The zero-order chi connectivity index (χ0) is 13.8. The molecule has 0 radical (unpaired) electrons. The third kappa shape index (κ3) is 4.27. The fraction of sp³-hybridized carbons (Fsp3) is 0.571. The molecule has 0 bridgehead atoms. The highest BCUT2D eigenvalue weighted by Gasteiger charge is 2.24. The lowest BCUT2D eigenvalue weighted by Crippen LogP contribution is -2.53. The summed E-state index contributed by atoms with van der Waals surface area (Å²) >= 11 is 0. The molecule has 0 aliphatic carbocycles. The number of aryl methyl sites for hydroxylation is 1. The average molecular weight is 255 g/mol. The molecule has 0 saturated carbocycles. The molecule has 1 aromatic carbocycles. The highest BCUT2D eigenvalue weighted by molar-refractivity contribution is 5.28. The molecule has 0 heterocycles. The molecule has 4 heteroatoms. The molecule has 102 valence electrons. The van der Waals surface area contributed by atoms with Crippen LogP contribution in [0.5, 0.6) is 5.75 Å². The Kier molecular flexibility index (Phi) is 5.11. The Morgan fingerprint density at radius 1 is 1.44 bits per heavy atom. The first-order valence-electron chi connectivity index (χ1n) is 6.14. The molecule has 0 aliphatic heterocycles. The first kappa shape index (κ1) is 14.9. The van der Waals surface area contributed by atoms with E-state index in [9.17, 15) is 9.50 Å². The number of halogens is 1. The van der Waals surface area contributed by atoms with Crippen LogP contribution in [0.25, 0.3) is 0 Å². The van der Waals surface area contributed by atoms with Gasteiger partial charge >= 0.3 is 0 Å². The van der Waals surface area contributed by atoms with E-state index in [4.69, 9.17) is 4.74 Å². The van der Waals surface area contributed by atoms with Gasteiger partial charge in [-0.3, -0.25) is 0 Å². The summed E-state index contributed by atoms with van der Waals surface area (Å²) in [6, 6.07) is 4.88. The van der Waals surface area contributed by atoms with Crippen molar-refractivity contribution in [2.75, 3.05) is 13.2 Å². The van der Waals surface area contributed by atoms with E-state index in [2.05, 4.69) is 5.32 Å². The predicted octanol–water partition coefficient (Wildman–Crippen LogP) is 2.26. The molecule has 2 N–H and O–H groups in total. The molecule has 1 atom stereocenters. The summed E-state index contributed by atoms with van der Waals surface area (Å²) in [6.07, 6.45) is 0. The second-order valence-electron chi connectivity index (χ2n) is 5.22. The van der Waals surface area contributed by atoms with E-state index in [-0.39, 0.29) is 18.5 Å². The number of hydrogen-bond donors (Lipinski definition) is 2. The van der Waals surface area contributed by atoms with Crippen molar-refractivity contribution in [1.29, 1.82) is 0 Å². The minimum atomic E-state index is -0.504.